The first-order chi connectivity index (χ1) is 15.7. The average Bonchev–Trinajstić information content (AvgIpc) is 3.06. The molecular weight excluding hydrogens is 424 g/mol. The maximum Gasteiger partial charge on any atom is 0.336 e. The molecule has 33 heavy (non-hydrogen) atoms. The largest absolute Gasteiger partial charge is 0.478 e. The van der Waals surface area contributed by atoms with Gasteiger partial charge >= 0.3 is 5.97 Å². The molecule has 0 radical (unpaired) electrons. The van der Waals surface area contributed by atoms with Gasteiger partial charge in [-0.2, -0.15) is 0 Å². The molecule has 9 nitrogen and oxygen atoms in total. The van der Waals surface area contributed by atoms with E-state index in [-0.39, 0.29) is 22.5 Å². The molecule has 4 N–H and O–H groups in total. The molecule has 0 fully saturated rings. The molecule has 4 aromatic rings. The minimum Gasteiger partial charge on any atom is -0.478 e. The predicted octanol–water partition coefficient (Wildman–Crippen LogP) is 2.53. The van der Waals surface area contributed by atoms with Crippen molar-refractivity contribution in [3.63, 3.8) is 0 Å². The summed E-state index contributed by atoms with van der Waals surface area (Å²) in [5.41, 5.74) is 8.23. The zero-order valence-electron chi connectivity index (χ0n) is 17.2. The molecule has 0 saturated heterocycles. The number of benzene rings is 2. The van der Waals surface area contributed by atoms with Gasteiger partial charge in [0.2, 0.25) is 0 Å². The number of aryl methyl sites for hydroxylation is 1. The van der Waals surface area contributed by atoms with E-state index in [1.807, 2.05) is 13.0 Å². The minimum atomic E-state index is -1.08. The topological polar surface area (TPSA) is 144 Å². The molecule has 2 aromatic heterocycles. The number of nitrogens with two attached hydrogens (primary N) is 1. The number of pyridine rings is 2. The highest BCUT2D eigenvalue weighted by Gasteiger charge is 2.31. The third kappa shape index (κ3) is 3.14. The van der Waals surface area contributed by atoms with E-state index >= 15 is 0 Å². The maximum atomic E-state index is 12.7. The van der Waals surface area contributed by atoms with Crippen molar-refractivity contribution in [3.05, 3.63) is 87.2 Å². The van der Waals surface area contributed by atoms with Gasteiger partial charge in [0.15, 0.2) is 0 Å². The van der Waals surface area contributed by atoms with E-state index in [4.69, 9.17) is 5.73 Å². The first kappa shape index (κ1) is 20.1. The number of amides is 2. The van der Waals surface area contributed by atoms with Crippen LogP contribution in [0.5, 0.6) is 0 Å². The molecule has 1 aliphatic rings. The lowest BCUT2D eigenvalue weighted by Crippen LogP contribution is -2.24. The van der Waals surface area contributed by atoms with Crippen LogP contribution in [0.1, 0.15) is 36.6 Å². The molecule has 9 heteroatoms. The maximum absolute atomic E-state index is 12.7. The predicted molar refractivity (Wildman–Crippen MR) is 121 cm³/mol. The summed E-state index contributed by atoms with van der Waals surface area (Å²) in [7, 11) is 0. The third-order valence-corrected chi connectivity index (χ3v) is 5.55. The Morgan fingerprint density at radius 3 is 2.58 bits per heavy atom. The van der Waals surface area contributed by atoms with Crippen LogP contribution < -0.4 is 16.6 Å². The lowest BCUT2D eigenvalue weighted by atomic mass is 10.0. The van der Waals surface area contributed by atoms with Gasteiger partial charge in [-0.1, -0.05) is 23.8 Å². The number of nitrogens with zero attached hydrogens (tertiary/aromatic N) is 2. The molecule has 0 bridgehead atoms. The van der Waals surface area contributed by atoms with Gasteiger partial charge in [0.05, 0.1) is 33.6 Å². The van der Waals surface area contributed by atoms with Crippen molar-refractivity contribution in [2.45, 2.75) is 6.92 Å². The Hall–Kier alpha value is -4.79. The fourth-order valence-corrected chi connectivity index (χ4v) is 4.01. The van der Waals surface area contributed by atoms with Crippen molar-refractivity contribution in [2.75, 3.05) is 5.73 Å². The molecule has 2 aromatic carbocycles. The molecule has 0 aliphatic carbocycles. The fraction of sp³-hybridized carbons (Fsp3) is 0.0417. The number of anilines is 1. The Labute approximate surface area is 186 Å². The first-order valence-corrected chi connectivity index (χ1v) is 9.91. The van der Waals surface area contributed by atoms with E-state index in [0.29, 0.717) is 27.8 Å². The number of carboxylic acid groups (broad SMARTS) is 1. The van der Waals surface area contributed by atoms with E-state index in [2.05, 4.69) is 10.3 Å². The smallest absolute Gasteiger partial charge is 0.336 e. The van der Waals surface area contributed by atoms with Crippen LogP contribution in [0.15, 0.2) is 59.4 Å². The zero-order chi connectivity index (χ0) is 23.4. The summed E-state index contributed by atoms with van der Waals surface area (Å²) in [6, 6.07) is 14.5. The molecular formula is C24H16N4O5. The number of aromatic carboxylic acids is 1. The first-order valence-electron chi connectivity index (χ1n) is 9.91. The molecule has 3 heterocycles. The highest BCUT2D eigenvalue weighted by Crippen LogP contribution is 2.28. The van der Waals surface area contributed by atoms with Gasteiger partial charge in [-0.15, -0.1) is 0 Å². The van der Waals surface area contributed by atoms with Gasteiger partial charge in [0.25, 0.3) is 17.4 Å². The van der Waals surface area contributed by atoms with E-state index in [1.54, 1.807) is 36.4 Å². The van der Waals surface area contributed by atoms with Gasteiger partial charge < -0.3 is 10.8 Å². The average molecular weight is 440 g/mol. The van der Waals surface area contributed by atoms with Gasteiger partial charge in [0.1, 0.15) is 5.82 Å². The lowest BCUT2D eigenvalue weighted by molar-refractivity contribution is 0.0698. The highest BCUT2D eigenvalue weighted by atomic mass is 16.4. The molecule has 0 saturated carbocycles. The minimum absolute atomic E-state index is 0.0580. The van der Waals surface area contributed by atoms with Crippen molar-refractivity contribution in [1.82, 2.24) is 14.9 Å². The quantitative estimate of drug-likeness (QED) is 0.415. The Bertz CT molecular complexity index is 1600. The van der Waals surface area contributed by atoms with Gasteiger partial charge in [-0.25, -0.2) is 9.78 Å². The van der Waals surface area contributed by atoms with Crippen molar-refractivity contribution in [1.29, 1.82) is 0 Å². The second kappa shape index (κ2) is 7.13. The van der Waals surface area contributed by atoms with Crippen molar-refractivity contribution in [3.8, 4) is 16.9 Å². The van der Waals surface area contributed by atoms with Gasteiger partial charge in [0, 0.05) is 17.0 Å². The number of imide groups is 1. The number of carbonyl (C=O) groups is 3. The number of fused-ring (bicyclic) bond motifs is 2. The second-order valence-corrected chi connectivity index (χ2v) is 7.71. The van der Waals surface area contributed by atoms with Crippen LogP contribution in [0, 0.1) is 6.92 Å². The van der Waals surface area contributed by atoms with Crippen LogP contribution >= 0.6 is 0 Å². The molecule has 162 valence electrons. The summed E-state index contributed by atoms with van der Waals surface area (Å²) in [6.07, 6.45) is 0. The van der Waals surface area contributed by atoms with Crippen molar-refractivity contribution in [2.24, 2.45) is 0 Å². The second-order valence-electron chi connectivity index (χ2n) is 7.71. The molecule has 0 spiro atoms. The lowest BCUT2D eigenvalue weighted by Gasteiger charge is -2.13. The highest BCUT2D eigenvalue weighted by molar-refractivity contribution is 6.23. The molecule has 0 unspecified atom stereocenters. The molecule has 0 atom stereocenters. The summed E-state index contributed by atoms with van der Waals surface area (Å²) in [5, 5.41) is 12.4. The van der Waals surface area contributed by atoms with Crippen LogP contribution in [0.4, 0.5) is 5.82 Å². The number of hydrogen-bond acceptors (Lipinski definition) is 6. The molecule has 5 rings (SSSR count). The normalized spacial score (nSPS) is 12.6. The Morgan fingerprint density at radius 2 is 1.82 bits per heavy atom. The number of carbonyl (C=O) groups excluding carboxylic acids is 2. The fourth-order valence-electron chi connectivity index (χ4n) is 4.01. The Morgan fingerprint density at radius 1 is 1.03 bits per heavy atom. The Balaban J connectivity index is 1.70. The summed E-state index contributed by atoms with van der Waals surface area (Å²) >= 11 is 0. The summed E-state index contributed by atoms with van der Waals surface area (Å²) < 4.78 is 1.13. The number of hydrogen-bond donors (Lipinski definition) is 3. The number of carboxylic acids is 1. The summed E-state index contributed by atoms with van der Waals surface area (Å²) in [4.78, 5) is 53.3. The van der Waals surface area contributed by atoms with Crippen LogP contribution in [0.2, 0.25) is 0 Å². The van der Waals surface area contributed by atoms with Crippen LogP contribution in [-0.4, -0.2) is 32.4 Å². The zero-order valence-corrected chi connectivity index (χ0v) is 17.2. The van der Waals surface area contributed by atoms with E-state index < -0.39 is 23.3 Å². The molecule has 2 amide bonds. The monoisotopic (exact) mass is 440 g/mol. The van der Waals surface area contributed by atoms with E-state index in [0.717, 1.165) is 16.2 Å². The van der Waals surface area contributed by atoms with Gasteiger partial charge in [-0.05, 0) is 37.3 Å². The van der Waals surface area contributed by atoms with Crippen LogP contribution in [0.25, 0.3) is 27.8 Å². The van der Waals surface area contributed by atoms with Gasteiger partial charge in [-0.3, -0.25) is 24.3 Å². The Kier molecular flexibility index (Phi) is 4.35. The summed E-state index contributed by atoms with van der Waals surface area (Å²) in [5.74, 6) is -2.59. The SMILES string of the molecule is Cc1ccc2nc(-c3cccc(-n4c(N)c5c(cc4=O)C(=O)NC5=O)c3)cc(C(=O)O)c2c1. The van der Waals surface area contributed by atoms with Crippen molar-refractivity contribution >= 4 is 34.5 Å². The van der Waals surface area contributed by atoms with Crippen LogP contribution in [0.3, 0.4) is 0 Å². The third-order valence-electron chi connectivity index (χ3n) is 5.55. The molecule has 1 aliphatic heterocycles. The standard InChI is InChI=1S/C24H16N4O5/c1-11-5-6-17-14(7-11)15(24(32)33)9-18(26-17)12-3-2-4-13(8-12)28-19(29)10-16-20(21(28)25)23(31)27-22(16)30/h2-10H,25H2,1H3,(H,32,33)(H,27,30,31). The number of aromatic nitrogens is 2. The van der Waals surface area contributed by atoms with E-state index in [9.17, 15) is 24.3 Å². The number of nitrogens with one attached hydrogen (secondary N) is 1. The number of rotatable bonds is 3. The van der Waals surface area contributed by atoms with E-state index in [1.165, 1.54) is 6.07 Å². The summed E-state index contributed by atoms with van der Waals surface area (Å²) in [6.45, 7) is 1.87. The van der Waals surface area contributed by atoms with Crippen molar-refractivity contribution < 1.29 is 19.5 Å². The number of nitrogen functional groups attached to an aromatic ring is 1. The van der Waals surface area contributed by atoms with Crippen LogP contribution in [-0.2, 0) is 0 Å².